The average Bonchev–Trinajstić information content (AvgIpc) is 2.47. The van der Waals surface area contributed by atoms with Crippen LogP contribution in [0.4, 0.5) is 4.39 Å². The zero-order chi connectivity index (χ0) is 11.2. The smallest absolute Gasteiger partial charge is 0.327 e. The largest absolute Gasteiger partial charge is 0.328 e. The van der Waals surface area contributed by atoms with Crippen LogP contribution in [0.25, 0.3) is 11.0 Å². The minimum atomic E-state index is -4.42. The van der Waals surface area contributed by atoms with E-state index in [2.05, 4.69) is 9.97 Å². The van der Waals surface area contributed by atoms with Crippen molar-refractivity contribution in [3.63, 3.8) is 0 Å². The highest BCUT2D eigenvalue weighted by atomic mass is 35.5. The molecular formula is C7H4ClFN2O3S. The molecule has 0 atom stereocenters. The number of hydrogen-bond acceptors (Lipinski definition) is 3. The zero-order valence-corrected chi connectivity index (χ0v) is 8.60. The molecule has 0 radical (unpaired) electrons. The Bertz CT molecular complexity index is 598. The third-order valence-corrected chi connectivity index (χ3v) is 2.72. The minimum absolute atomic E-state index is 0.0736. The number of aromatic amines is 1. The predicted octanol–water partition coefficient (Wildman–Crippen LogP) is 1.60. The van der Waals surface area contributed by atoms with E-state index in [1.807, 2.05) is 0 Å². The molecule has 1 heterocycles. The van der Waals surface area contributed by atoms with Crippen LogP contribution in [-0.4, -0.2) is 22.9 Å². The molecule has 0 saturated carbocycles. The summed E-state index contributed by atoms with van der Waals surface area (Å²) in [4.78, 5) is 5.80. The highest BCUT2D eigenvalue weighted by Crippen LogP contribution is 2.22. The number of rotatable bonds is 1. The van der Waals surface area contributed by atoms with Crippen molar-refractivity contribution in [1.29, 1.82) is 0 Å². The van der Waals surface area contributed by atoms with Gasteiger partial charge in [0, 0.05) is 6.07 Å². The van der Waals surface area contributed by atoms with Crippen molar-refractivity contribution in [3.8, 4) is 0 Å². The SMILES string of the molecule is O=S(=O)(O)c1nc2cc(F)c(Cl)cc2[nH]1. The maximum Gasteiger partial charge on any atom is 0.328 e. The van der Waals surface area contributed by atoms with Crippen LogP contribution in [0.15, 0.2) is 17.3 Å². The Kier molecular flexibility index (Phi) is 2.18. The Morgan fingerprint density at radius 2 is 2.13 bits per heavy atom. The Labute approximate surface area is 88.6 Å². The molecule has 2 N–H and O–H groups in total. The number of hydrogen-bond donors (Lipinski definition) is 2. The van der Waals surface area contributed by atoms with Crippen molar-refractivity contribution in [2.75, 3.05) is 0 Å². The van der Waals surface area contributed by atoms with Crippen LogP contribution >= 0.6 is 11.6 Å². The van der Waals surface area contributed by atoms with Gasteiger partial charge in [0.25, 0.3) is 5.16 Å². The van der Waals surface area contributed by atoms with Gasteiger partial charge in [-0.1, -0.05) is 11.6 Å². The molecule has 0 aliphatic rings. The van der Waals surface area contributed by atoms with Crippen LogP contribution < -0.4 is 0 Å². The molecule has 0 aliphatic carbocycles. The van der Waals surface area contributed by atoms with Gasteiger partial charge in [-0.3, -0.25) is 4.55 Å². The van der Waals surface area contributed by atoms with Gasteiger partial charge in [-0.05, 0) is 6.07 Å². The van der Waals surface area contributed by atoms with Crippen molar-refractivity contribution in [2.24, 2.45) is 0 Å². The lowest BCUT2D eigenvalue weighted by atomic mass is 10.3. The van der Waals surface area contributed by atoms with E-state index in [0.717, 1.165) is 6.07 Å². The number of nitrogens with zero attached hydrogens (tertiary/aromatic N) is 1. The molecule has 0 amide bonds. The van der Waals surface area contributed by atoms with Gasteiger partial charge in [0.1, 0.15) is 5.82 Å². The first-order valence-electron chi connectivity index (χ1n) is 3.70. The van der Waals surface area contributed by atoms with E-state index in [1.165, 1.54) is 6.07 Å². The molecule has 80 valence electrons. The molecule has 2 rings (SSSR count). The normalized spacial score (nSPS) is 12.2. The summed E-state index contributed by atoms with van der Waals surface area (Å²) >= 11 is 5.48. The van der Waals surface area contributed by atoms with Gasteiger partial charge < -0.3 is 4.98 Å². The maximum absolute atomic E-state index is 13.0. The first-order chi connectivity index (χ1) is 6.88. The molecule has 5 nitrogen and oxygen atoms in total. The van der Waals surface area contributed by atoms with Gasteiger partial charge in [-0.2, -0.15) is 8.42 Å². The summed E-state index contributed by atoms with van der Waals surface area (Å²) in [6.07, 6.45) is 0. The van der Waals surface area contributed by atoms with Crippen molar-refractivity contribution in [1.82, 2.24) is 9.97 Å². The Balaban J connectivity index is 2.77. The molecule has 0 unspecified atom stereocenters. The second-order valence-corrected chi connectivity index (χ2v) is 4.54. The average molecular weight is 251 g/mol. The van der Waals surface area contributed by atoms with E-state index in [0.29, 0.717) is 0 Å². The molecule has 2 aromatic rings. The number of halogens is 2. The van der Waals surface area contributed by atoms with Crippen molar-refractivity contribution < 1.29 is 17.4 Å². The summed E-state index contributed by atoms with van der Waals surface area (Å²) in [5.41, 5.74) is 0.304. The van der Waals surface area contributed by atoms with E-state index in [9.17, 15) is 12.8 Å². The van der Waals surface area contributed by atoms with Crippen LogP contribution in [-0.2, 0) is 10.1 Å². The Morgan fingerprint density at radius 3 is 2.73 bits per heavy atom. The molecule has 0 fully saturated rings. The molecule has 0 spiro atoms. The molecule has 8 heteroatoms. The third-order valence-electron chi connectivity index (χ3n) is 1.75. The highest BCUT2D eigenvalue weighted by molar-refractivity contribution is 7.85. The number of benzene rings is 1. The van der Waals surface area contributed by atoms with Crippen molar-refractivity contribution in [3.05, 3.63) is 23.0 Å². The maximum atomic E-state index is 13.0. The van der Waals surface area contributed by atoms with E-state index >= 15 is 0 Å². The Hall–Kier alpha value is -1.18. The van der Waals surface area contributed by atoms with E-state index in [4.69, 9.17) is 16.2 Å². The topological polar surface area (TPSA) is 83.1 Å². The molecule has 15 heavy (non-hydrogen) atoms. The Morgan fingerprint density at radius 1 is 1.47 bits per heavy atom. The molecule has 1 aromatic carbocycles. The van der Waals surface area contributed by atoms with Gasteiger partial charge in [0.2, 0.25) is 0 Å². The van der Waals surface area contributed by atoms with Crippen molar-refractivity contribution >= 4 is 32.8 Å². The second-order valence-electron chi connectivity index (χ2n) is 2.80. The van der Waals surface area contributed by atoms with Gasteiger partial charge in [0.15, 0.2) is 0 Å². The first-order valence-corrected chi connectivity index (χ1v) is 5.52. The zero-order valence-electron chi connectivity index (χ0n) is 7.03. The molecule has 0 bridgehead atoms. The van der Waals surface area contributed by atoms with E-state index in [-0.39, 0.29) is 16.1 Å². The summed E-state index contributed by atoms with van der Waals surface area (Å²) in [6, 6.07) is 2.16. The highest BCUT2D eigenvalue weighted by Gasteiger charge is 2.16. The quantitative estimate of drug-likeness (QED) is 0.753. The lowest BCUT2D eigenvalue weighted by Crippen LogP contribution is -1.99. The predicted molar refractivity (Wildman–Crippen MR) is 50.9 cm³/mol. The van der Waals surface area contributed by atoms with Gasteiger partial charge in [0.05, 0.1) is 16.1 Å². The number of nitrogens with one attached hydrogen (secondary N) is 1. The summed E-state index contributed by atoms with van der Waals surface area (Å²) in [6.45, 7) is 0. The summed E-state index contributed by atoms with van der Waals surface area (Å²) < 4.78 is 43.1. The fourth-order valence-corrected chi connectivity index (χ4v) is 1.72. The van der Waals surface area contributed by atoms with E-state index < -0.39 is 21.1 Å². The fourth-order valence-electron chi connectivity index (χ4n) is 1.10. The second kappa shape index (κ2) is 3.16. The molecule has 0 aliphatic heterocycles. The number of imidazole rings is 1. The van der Waals surface area contributed by atoms with Crippen LogP contribution in [0.1, 0.15) is 0 Å². The van der Waals surface area contributed by atoms with Crippen LogP contribution in [0.5, 0.6) is 0 Å². The number of fused-ring (bicyclic) bond motifs is 1. The summed E-state index contributed by atoms with van der Waals surface area (Å²) in [5, 5.41) is -0.799. The monoisotopic (exact) mass is 250 g/mol. The standard InChI is InChI=1S/C7H4ClFN2O3S/c8-3-1-5-6(2-4(3)9)11-7(10-5)15(12,13)14/h1-2H,(H,10,11)(H,12,13,14). The van der Waals surface area contributed by atoms with Crippen LogP contribution in [0.3, 0.4) is 0 Å². The fraction of sp³-hybridized carbons (Fsp3) is 0. The summed E-state index contributed by atoms with van der Waals surface area (Å²) in [5.74, 6) is -0.711. The number of aromatic nitrogens is 2. The van der Waals surface area contributed by atoms with Gasteiger partial charge >= 0.3 is 10.1 Å². The van der Waals surface area contributed by atoms with E-state index in [1.54, 1.807) is 0 Å². The van der Waals surface area contributed by atoms with Gasteiger partial charge in [-0.15, -0.1) is 0 Å². The van der Waals surface area contributed by atoms with Crippen LogP contribution in [0, 0.1) is 5.82 Å². The third kappa shape index (κ3) is 1.81. The molecule has 1 aromatic heterocycles. The lowest BCUT2D eigenvalue weighted by molar-refractivity contribution is 0.476. The lowest BCUT2D eigenvalue weighted by Gasteiger charge is -1.91. The van der Waals surface area contributed by atoms with Crippen LogP contribution in [0.2, 0.25) is 5.02 Å². The number of H-pyrrole nitrogens is 1. The molecular weight excluding hydrogens is 247 g/mol. The summed E-state index contributed by atoms with van der Waals surface area (Å²) in [7, 11) is -4.42. The first kappa shape index (κ1) is 10.3. The minimum Gasteiger partial charge on any atom is -0.327 e. The molecule has 0 saturated heterocycles. The van der Waals surface area contributed by atoms with Gasteiger partial charge in [-0.25, -0.2) is 9.37 Å². The van der Waals surface area contributed by atoms with Crippen molar-refractivity contribution in [2.45, 2.75) is 5.16 Å².